The van der Waals surface area contributed by atoms with Gasteiger partial charge < -0.3 is 25.1 Å². The highest BCUT2D eigenvalue weighted by Crippen LogP contribution is 2.36. The molecule has 0 aromatic heterocycles. The summed E-state index contributed by atoms with van der Waals surface area (Å²) in [5.74, 6) is 0.429. The predicted octanol–water partition coefficient (Wildman–Crippen LogP) is 0.667. The van der Waals surface area contributed by atoms with E-state index in [1.807, 2.05) is 0 Å². The monoisotopic (exact) mass is 255 g/mol. The molecule has 0 radical (unpaired) electrons. The lowest BCUT2D eigenvalue weighted by atomic mass is 10.0. The Labute approximate surface area is 105 Å². The fraction of sp³-hybridized carbons (Fsp3) is 0.417. The summed E-state index contributed by atoms with van der Waals surface area (Å²) in [6.45, 7) is 0. The zero-order chi connectivity index (χ0) is 13.7. The van der Waals surface area contributed by atoms with Crippen LogP contribution < -0.4 is 19.9 Å². The van der Waals surface area contributed by atoms with Gasteiger partial charge in [-0.25, -0.2) is 0 Å². The van der Waals surface area contributed by atoms with E-state index in [0.29, 0.717) is 22.8 Å². The Bertz CT molecular complexity index is 433. The summed E-state index contributed by atoms with van der Waals surface area (Å²) in [5, 5.41) is 8.83. The number of rotatable bonds is 6. The van der Waals surface area contributed by atoms with Gasteiger partial charge in [0.15, 0.2) is 11.5 Å². The van der Waals surface area contributed by atoms with Gasteiger partial charge in [0.25, 0.3) is 0 Å². The molecule has 0 bridgehead atoms. The molecule has 0 saturated carbocycles. The average Bonchev–Trinajstić information content (AvgIpc) is 2.37. The lowest BCUT2D eigenvalue weighted by molar-refractivity contribution is -0.138. The maximum Gasteiger partial charge on any atom is 0.320 e. The molecule has 0 heterocycles. The van der Waals surface area contributed by atoms with Crippen molar-refractivity contribution in [2.24, 2.45) is 5.73 Å². The van der Waals surface area contributed by atoms with Crippen LogP contribution in [0, 0.1) is 0 Å². The number of benzene rings is 1. The van der Waals surface area contributed by atoms with E-state index in [1.54, 1.807) is 12.1 Å². The minimum absolute atomic E-state index is 0.131. The second kappa shape index (κ2) is 6.11. The number of hydrogen-bond donors (Lipinski definition) is 2. The molecule has 100 valence electrons. The van der Waals surface area contributed by atoms with Gasteiger partial charge in [0, 0.05) is 18.1 Å². The van der Waals surface area contributed by atoms with Gasteiger partial charge in [0.05, 0.1) is 21.3 Å². The van der Waals surface area contributed by atoms with Crippen LogP contribution >= 0.6 is 0 Å². The van der Waals surface area contributed by atoms with E-state index < -0.39 is 12.0 Å². The molecule has 6 nitrogen and oxygen atoms in total. The number of methoxy groups -OCH3 is 3. The molecular weight excluding hydrogens is 238 g/mol. The van der Waals surface area contributed by atoms with Crippen molar-refractivity contribution in [3.8, 4) is 17.2 Å². The minimum atomic E-state index is -1.07. The highest BCUT2D eigenvalue weighted by molar-refractivity contribution is 5.74. The van der Waals surface area contributed by atoms with Crippen LogP contribution in [0.25, 0.3) is 0 Å². The first-order valence-electron chi connectivity index (χ1n) is 5.30. The smallest absolute Gasteiger partial charge is 0.320 e. The molecule has 18 heavy (non-hydrogen) atoms. The molecule has 0 aliphatic rings. The Morgan fingerprint density at radius 3 is 2.39 bits per heavy atom. The van der Waals surface area contributed by atoms with Crippen molar-refractivity contribution in [3.63, 3.8) is 0 Å². The van der Waals surface area contributed by atoms with Crippen LogP contribution in [0.5, 0.6) is 17.2 Å². The van der Waals surface area contributed by atoms with Gasteiger partial charge in [0.2, 0.25) is 0 Å². The second-order valence-electron chi connectivity index (χ2n) is 3.67. The second-order valence-corrected chi connectivity index (χ2v) is 3.67. The van der Waals surface area contributed by atoms with Crippen molar-refractivity contribution in [1.29, 1.82) is 0 Å². The summed E-state index contributed by atoms with van der Waals surface area (Å²) in [6, 6.07) is 2.34. The van der Waals surface area contributed by atoms with Crippen LogP contribution in [-0.4, -0.2) is 38.4 Å². The molecule has 0 amide bonds. The molecular formula is C12H17NO5. The summed E-state index contributed by atoms with van der Waals surface area (Å²) in [7, 11) is 4.50. The molecule has 0 spiro atoms. The van der Waals surface area contributed by atoms with E-state index in [1.165, 1.54) is 21.3 Å². The summed E-state index contributed by atoms with van der Waals surface area (Å²) in [5.41, 5.74) is 6.15. The normalized spacial score (nSPS) is 11.8. The van der Waals surface area contributed by atoms with Crippen molar-refractivity contribution in [3.05, 3.63) is 17.7 Å². The Kier molecular flexibility index (Phi) is 4.79. The van der Waals surface area contributed by atoms with Crippen molar-refractivity contribution >= 4 is 5.97 Å². The quantitative estimate of drug-likeness (QED) is 0.776. The van der Waals surface area contributed by atoms with Crippen molar-refractivity contribution in [2.75, 3.05) is 21.3 Å². The van der Waals surface area contributed by atoms with Gasteiger partial charge >= 0.3 is 5.97 Å². The Hall–Kier alpha value is -1.95. The van der Waals surface area contributed by atoms with Crippen LogP contribution in [0.4, 0.5) is 0 Å². The molecule has 0 saturated heterocycles. The summed E-state index contributed by atoms with van der Waals surface area (Å²) >= 11 is 0. The lowest BCUT2D eigenvalue weighted by Crippen LogP contribution is -2.32. The van der Waals surface area contributed by atoms with Crippen LogP contribution in [0.3, 0.4) is 0 Å². The number of aliphatic carboxylic acids is 1. The minimum Gasteiger partial charge on any atom is -0.497 e. The van der Waals surface area contributed by atoms with Crippen molar-refractivity contribution in [1.82, 2.24) is 0 Å². The SMILES string of the molecule is COc1cc(CC(N)C(=O)O)c(OC)c(OC)c1. The molecule has 0 fully saturated rings. The fourth-order valence-corrected chi connectivity index (χ4v) is 1.61. The highest BCUT2D eigenvalue weighted by atomic mass is 16.5. The van der Waals surface area contributed by atoms with Gasteiger partial charge in [-0.2, -0.15) is 0 Å². The zero-order valence-electron chi connectivity index (χ0n) is 10.6. The number of carboxylic acids is 1. The van der Waals surface area contributed by atoms with Crippen LogP contribution in [-0.2, 0) is 11.2 Å². The standard InChI is InChI=1S/C12H17NO5/c1-16-8-4-7(5-9(13)12(14)15)11(18-3)10(6-8)17-2/h4,6,9H,5,13H2,1-3H3,(H,14,15). The number of nitrogens with two attached hydrogens (primary N) is 1. The first-order valence-corrected chi connectivity index (χ1v) is 5.30. The average molecular weight is 255 g/mol. The molecule has 6 heteroatoms. The van der Waals surface area contributed by atoms with Crippen molar-refractivity contribution in [2.45, 2.75) is 12.5 Å². The number of carbonyl (C=O) groups is 1. The van der Waals surface area contributed by atoms with Gasteiger partial charge in [-0.3, -0.25) is 4.79 Å². The Morgan fingerprint density at radius 1 is 1.28 bits per heavy atom. The van der Waals surface area contributed by atoms with E-state index in [-0.39, 0.29) is 6.42 Å². The third kappa shape index (κ3) is 3.04. The number of carboxylic acid groups (broad SMARTS) is 1. The van der Waals surface area contributed by atoms with Gasteiger partial charge in [-0.1, -0.05) is 0 Å². The van der Waals surface area contributed by atoms with Gasteiger partial charge in [-0.15, -0.1) is 0 Å². The van der Waals surface area contributed by atoms with Gasteiger partial charge in [0.1, 0.15) is 11.8 Å². The maximum atomic E-state index is 10.8. The van der Waals surface area contributed by atoms with Gasteiger partial charge in [-0.05, 0) is 6.07 Å². The van der Waals surface area contributed by atoms with Crippen molar-refractivity contribution < 1.29 is 24.1 Å². The first-order chi connectivity index (χ1) is 8.53. The Morgan fingerprint density at radius 2 is 1.94 bits per heavy atom. The topological polar surface area (TPSA) is 91.0 Å². The molecule has 1 aromatic rings. The first kappa shape index (κ1) is 14.1. The maximum absolute atomic E-state index is 10.8. The number of ether oxygens (including phenoxy) is 3. The van der Waals surface area contributed by atoms with E-state index >= 15 is 0 Å². The van der Waals surface area contributed by atoms with Crippen LogP contribution in [0.15, 0.2) is 12.1 Å². The third-order valence-corrected chi connectivity index (χ3v) is 2.52. The summed E-state index contributed by atoms with van der Waals surface area (Å²) in [6.07, 6.45) is 0.131. The highest BCUT2D eigenvalue weighted by Gasteiger charge is 2.19. The lowest BCUT2D eigenvalue weighted by Gasteiger charge is -2.16. The van der Waals surface area contributed by atoms with E-state index in [9.17, 15) is 4.79 Å². The molecule has 0 aliphatic carbocycles. The number of hydrogen-bond acceptors (Lipinski definition) is 5. The van der Waals surface area contributed by atoms with E-state index in [0.717, 1.165) is 0 Å². The molecule has 1 atom stereocenters. The van der Waals surface area contributed by atoms with E-state index in [2.05, 4.69) is 0 Å². The fourth-order valence-electron chi connectivity index (χ4n) is 1.61. The summed E-state index contributed by atoms with van der Waals surface area (Å²) < 4.78 is 15.5. The van der Waals surface area contributed by atoms with Crippen LogP contribution in [0.1, 0.15) is 5.56 Å². The molecule has 1 rings (SSSR count). The summed E-state index contributed by atoms with van der Waals surface area (Å²) in [4.78, 5) is 10.8. The molecule has 1 aromatic carbocycles. The zero-order valence-corrected chi connectivity index (χ0v) is 10.6. The largest absolute Gasteiger partial charge is 0.497 e. The van der Waals surface area contributed by atoms with Crippen LogP contribution in [0.2, 0.25) is 0 Å². The van der Waals surface area contributed by atoms with E-state index in [4.69, 9.17) is 25.1 Å². The molecule has 1 unspecified atom stereocenters. The molecule has 0 aliphatic heterocycles. The Balaban J connectivity index is 3.18. The predicted molar refractivity (Wildman–Crippen MR) is 65.4 cm³/mol. The molecule has 3 N–H and O–H groups in total. The third-order valence-electron chi connectivity index (χ3n) is 2.52.